The van der Waals surface area contributed by atoms with Crippen molar-refractivity contribution >= 4 is 35.7 Å². The molecule has 0 unspecified atom stereocenters. The van der Waals surface area contributed by atoms with Gasteiger partial charge in [-0.3, -0.25) is 9.59 Å². The molecule has 2 amide bonds. The summed E-state index contributed by atoms with van der Waals surface area (Å²) >= 11 is 0. The van der Waals surface area contributed by atoms with E-state index in [1.807, 2.05) is 4.57 Å². The number of nitrogens with one attached hydrogen (secondary N) is 2. The maximum atomic E-state index is 14.4. The Kier molecular flexibility index (Phi) is 6.65. The largest absolute Gasteiger partial charge is 0.322 e. The SMILES string of the molecule is Cl.O=C(Nc1ccc(F)c(C(=O)Nc2cccc(-c3nncn3C3CC3)n2)c1)c1ccccc1. The quantitative estimate of drug-likeness (QED) is 0.416. The lowest BCUT2D eigenvalue weighted by molar-refractivity contribution is 0.101. The van der Waals surface area contributed by atoms with Crippen LogP contribution >= 0.6 is 12.4 Å². The maximum Gasteiger partial charge on any atom is 0.259 e. The molecule has 10 heteroatoms. The molecular formula is C24H20ClFN6O2. The van der Waals surface area contributed by atoms with Gasteiger partial charge in [0.15, 0.2) is 5.82 Å². The van der Waals surface area contributed by atoms with Gasteiger partial charge in [-0.25, -0.2) is 9.37 Å². The molecule has 1 fully saturated rings. The lowest BCUT2D eigenvalue weighted by Gasteiger charge is -2.10. The van der Waals surface area contributed by atoms with Gasteiger partial charge in [-0.1, -0.05) is 24.3 Å². The first-order valence-corrected chi connectivity index (χ1v) is 10.4. The van der Waals surface area contributed by atoms with Gasteiger partial charge in [0, 0.05) is 17.3 Å². The molecule has 0 bridgehead atoms. The molecule has 172 valence electrons. The minimum absolute atomic E-state index is 0. The van der Waals surface area contributed by atoms with Crippen molar-refractivity contribution in [3.63, 3.8) is 0 Å². The van der Waals surface area contributed by atoms with E-state index in [2.05, 4.69) is 25.8 Å². The summed E-state index contributed by atoms with van der Waals surface area (Å²) in [5.74, 6) is -0.888. The number of pyridine rings is 1. The number of rotatable bonds is 6. The first-order chi connectivity index (χ1) is 16.1. The molecule has 0 radical (unpaired) electrons. The van der Waals surface area contributed by atoms with Gasteiger partial charge in [0.25, 0.3) is 11.8 Å². The molecule has 4 aromatic rings. The van der Waals surface area contributed by atoms with Gasteiger partial charge in [0.2, 0.25) is 0 Å². The zero-order chi connectivity index (χ0) is 22.8. The second-order valence-corrected chi connectivity index (χ2v) is 7.67. The maximum absolute atomic E-state index is 14.4. The van der Waals surface area contributed by atoms with Crippen molar-refractivity contribution in [2.45, 2.75) is 18.9 Å². The molecule has 8 nitrogen and oxygen atoms in total. The Balaban J connectivity index is 0.00000274. The van der Waals surface area contributed by atoms with Gasteiger partial charge in [0.1, 0.15) is 23.7 Å². The fraction of sp³-hybridized carbons (Fsp3) is 0.125. The number of carbonyl (C=O) groups excluding carboxylic acids is 2. The smallest absolute Gasteiger partial charge is 0.259 e. The summed E-state index contributed by atoms with van der Waals surface area (Å²) in [5.41, 5.74) is 1.10. The number of anilines is 2. The van der Waals surface area contributed by atoms with Crippen LogP contribution in [0.3, 0.4) is 0 Å². The number of hydrogen-bond donors (Lipinski definition) is 2. The normalized spacial score (nSPS) is 12.5. The summed E-state index contributed by atoms with van der Waals surface area (Å²) in [7, 11) is 0. The Morgan fingerprint density at radius 1 is 0.941 bits per heavy atom. The Labute approximate surface area is 200 Å². The standard InChI is InChI=1S/C24H19FN6O2.ClH/c25-19-12-9-16(27-23(32)15-5-2-1-3-6-15)13-18(19)24(33)29-21-8-4-7-20(28-21)22-30-26-14-31(22)17-10-11-17;/h1-9,12-14,17H,10-11H2,(H,27,32)(H,28,29,33);1H. The van der Waals surface area contributed by atoms with Gasteiger partial charge in [0.05, 0.1) is 5.56 Å². The zero-order valence-electron chi connectivity index (χ0n) is 17.8. The number of nitrogens with zero attached hydrogens (tertiary/aromatic N) is 4. The Morgan fingerprint density at radius 2 is 1.74 bits per heavy atom. The van der Waals surface area contributed by atoms with Crippen molar-refractivity contribution in [2.75, 3.05) is 10.6 Å². The van der Waals surface area contributed by atoms with E-state index in [1.165, 1.54) is 12.1 Å². The molecule has 1 aliphatic rings. The van der Waals surface area contributed by atoms with Crippen LogP contribution in [0.4, 0.5) is 15.9 Å². The predicted octanol–water partition coefficient (Wildman–Crippen LogP) is 4.74. The van der Waals surface area contributed by atoms with Crippen LogP contribution in [0.15, 0.2) is 73.1 Å². The van der Waals surface area contributed by atoms with Gasteiger partial charge in [-0.05, 0) is 55.3 Å². The summed E-state index contributed by atoms with van der Waals surface area (Å²) in [4.78, 5) is 29.6. The molecule has 1 saturated carbocycles. The van der Waals surface area contributed by atoms with Crippen LogP contribution in [0.25, 0.3) is 11.5 Å². The summed E-state index contributed by atoms with van der Waals surface area (Å²) in [6.07, 6.45) is 3.81. The fourth-order valence-corrected chi connectivity index (χ4v) is 3.43. The third-order valence-electron chi connectivity index (χ3n) is 5.24. The van der Waals surface area contributed by atoms with Crippen LogP contribution in [0.5, 0.6) is 0 Å². The van der Waals surface area contributed by atoms with Gasteiger partial charge in [-0.2, -0.15) is 0 Å². The van der Waals surface area contributed by atoms with Crippen molar-refractivity contribution in [1.82, 2.24) is 19.7 Å². The van der Waals surface area contributed by atoms with Crippen LogP contribution < -0.4 is 10.6 Å². The van der Waals surface area contributed by atoms with E-state index in [-0.39, 0.29) is 29.7 Å². The average molecular weight is 479 g/mol. The molecule has 5 rings (SSSR count). The molecule has 0 saturated heterocycles. The van der Waals surface area contributed by atoms with Gasteiger partial charge in [-0.15, -0.1) is 22.6 Å². The van der Waals surface area contributed by atoms with Crippen LogP contribution in [0.1, 0.15) is 39.6 Å². The molecule has 2 N–H and O–H groups in total. The molecule has 2 aromatic carbocycles. The van der Waals surface area contributed by atoms with E-state index < -0.39 is 11.7 Å². The molecular weight excluding hydrogens is 459 g/mol. The molecule has 0 atom stereocenters. The van der Waals surface area contributed by atoms with Crippen molar-refractivity contribution in [3.8, 4) is 11.5 Å². The Morgan fingerprint density at radius 3 is 2.50 bits per heavy atom. The highest BCUT2D eigenvalue weighted by molar-refractivity contribution is 6.07. The lowest BCUT2D eigenvalue weighted by atomic mass is 10.1. The van der Waals surface area contributed by atoms with Crippen molar-refractivity contribution in [3.05, 3.63) is 90.0 Å². The van der Waals surface area contributed by atoms with E-state index in [0.717, 1.165) is 18.9 Å². The van der Waals surface area contributed by atoms with Crippen LogP contribution in [0.2, 0.25) is 0 Å². The Bertz CT molecular complexity index is 1340. The molecule has 2 aromatic heterocycles. The van der Waals surface area contributed by atoms with E-state index in [9.17, 15) is 14.0 Å². The highest BCUT2D eigenvalue weighted by Crippen LogP contribution is 2.37. The van der Waals surface area contributed by atoms with E-state index in [4.69, 9.17) is 0 Å². The number of carbonyl (C=O) groups is 2. The summed E-state index contributed by atoms with van der Waals surface area (Å²) in [6, 6.07) is 17.9. The second-order valence-electron chi connectivity index (χ2n) is 7.67. The first-order valence-electron chi connectivity index (χ1n) is 10.4. The molecule has 34 heavy (non-hydrogen) atoms. The minimum Gasteiger partial charge on any atom is -0.322 e. The average Bonchev–Trinajstić information content (AvgIpc) is 3.56. The van der Waals surface area contributed by atoms with E-state index in [0.29, 0.717) is 28.8 Å². The van der Waals surface area contributed by atoms with Crippen LogP contribution in [-0.2, 0) is 0 Å². The van der Waals surface area contributed by atoms with Crippen LogP contribution in [0, 0.1) is 5.82 Å². The monoisotopic (exact) mass is 478 g/mol. The molecule has 0 spiro atoms. The van der Waals surface area contributed by atoms with Gasteiger partial charge < -0.3 is 15.2 Å². The first kappa shape index (κ1) is 23.1. The second kappa shape index (κ2) is 9.80. The third-order valence-corrected chi connectivity index (χ3v) is 5.24. The summed E-state index contributed by atoms with van der Waals surface area (Å²) < 4.78 is 16.4. The van der Waals surface area contributed by atoms with Crippen LogP contribution in [-0.4, -0.2) is 31.6 Å². The number of halogens is 2. The molecule has 0 aliphatic heterocycles. The topological polar surface area (TPSA) is 102 Å². The highest BCUT2D eigenvalue weighted by atomic mass is 35.5. The molecule has 1 aliphatic carbocycles. The van der Waals surface area contributed by atoms with E-state index in [1.54, 1.807) is 54.9 Å². The van der Waals surface area contributed by atoms with Crippen molar-refractivity contribution in [1.29, 1.82) is 0 Å². The Hall–Kier alpha value is -4.11. The van der Waals surface area contributed by atoms with Crippen molar-refractivity contribution < 1.29 is 14.0 Å². The number of aromatic nitrogens is 4. The van der Waals surface area contributed by atoms with E-state index >= 15 is 0 Å². The third kappa shape index (κ3) is 4.94. The summed E-state index contributed by atoms with van der Waals surface area (Å²) in [5, 5.41) is 13.4. The predicted molar refractivity (Wildman–Crippen MR) is 128 cm³/mol. The lowest BCUT2D eigenvalue weighted by Crippen LogP contribution is -2.17. The van der Waals surface area contributed by atoms with Crippen molar-refractivity contribution in [2.24, 2.45) is 0 Å². The van der Waals surface area contributed by atoms with Gasteiger partial charge >= 0.3 is 0 Å². The fourth-order valence-electron chi connectivity index (χ4n) is 3.43. The number of amides is 2. The number of hydrogen-bond acceptors (Lipinski definition) is 5. The summed E-state index contributed by atoms with van der Waals surface area (Å²) in [6.45, 7) is 0. The minimum atomic E-state index is -0.713. The molecule has 2 heterocycles. The highest BCUT2D eigenvalue weighted by Gasteiger charge is 2.27. The zero-order valence-corrected chi connectivity index (χ0v) is 18.6. The number of benzene rings is 2.